The zero-order valence-electron chi connectivity index (χ0n) is 11.5. The van der Waals surface area contributed by atoms with Crippen molar-refractivity contribution >= 4 is 17.7 Å². The molecule has 0 aliphatic heterocycles. The summed E-state index contributed by atoms with van der Waals surface area (Å²) in [5.41, 5.74) is 5.63. The van der Waals surface area contributed by atoms with Gasteiger partial charge < -0.3 is 15.2 Å². The summed E-state index contributed by atoms with van der Waals surface area (Å²) in [5, 5.41) is 0. The van der Waals surface area contributed by atoms with E-state index in [9.17, 15) is 0 Å². The van der Waals surface area contributed by atoms with Crippen LogP contribution in [0.2, 0.25) is 0 Å². The van der Waals surface area contributed by atoms with Crippen molar-refractivity contribution in [1.82, 2.24) is 15.0 Å². The molecule has 0 bridgehead atoms. The number of thioether (sulfide) groups is 1. The molecule has 0 aliphatic rings. The van der Waals surface area contributed by atoms with Gasteiger partial charge in [0.15, 0.2) is 0 Å². The monoisotopic (exact) mass is 292 g/mol. The third-order valence-corrected chi connectivity index (χ3v) is 3.00. The highest BCUT2D eigenvalue weighted by Crippen LogP contribution is 2.30. The maximum atomic E-state index is 5.66. The van der Waals surface area contributed by atoms with E-state index in [4.69, 9.17) is 15.2 Å². The Morgan fingerprint density at radius 3 is 2.50 bits per heavy atom. The molecule has 1 heterocycles. The van der Waals surface area contributed by atoms with Crippen LogP contribution in [0, 0.1) is 0 Å². The Bertz CT molecular complexity index is 592. The first-order valence-electron chi connectivity index (χ1n) is 6.07. The Kier molecular flexibility index (Phi) is 4.62. The summed E-state index contributed by atoms with van der Waals surface area (Å²) in [6.07, 6.45) is 1.92. The number of anilines is 1. The number of hydrogen-bond donors (Lipinski definition) is 1. The number of nitrogens with zero attached hydrogens (tertiary/aromatic N) is 3. The van der Waals surface area contributed by atoms with Gasteiger partial charge >= 0.3 is 12.0 Å². The minimum absolute atomic E-state index is 0.0527. The quantitative estimate of drug-likeness (QED) is 0.848. The summed E-state index contributed by atoms with van der Waals surface area (Å²) in [5.74, 6) is 0.730. The van der Waals surface area contributed by atoms with Crippen molar-refractivity contribution in [2.24, 2.45) is 0 Å². The molecule has 0 saturated carbocycles. The molecule has 0 spiro atoms. The predicted octanol–water partition coefficient (Wildman–Crippen LogP) is 2.76. The first kappa shape index (κ1) is 14.4. The molecule has 6 nitrogen and oxygen atoms in total. The molecule has 7 heteroatoms. The van der Waals surface area contributed by atoms with Crippen LogP contribution in [0.3, 0.4) is 0 Å². The highest BCUT2D eigenvalue weighted by atomic mass is 32.2. The van der Waals surface area contributed by atoms with Crippen LogP contribution < -0.4 is 15.2 Å². The molecular weight excluding hydrogens is 276 g/mol. The van der Waals surface area contributed by atoms with Crippen molar-refractivity contribution in [3.05, 3.63) is 24.3 Å². The molecular formula is C13H16N4O2S. The van der Waals surface area contributed by atoms with E-state index in [0.29, 0.717) is 5.75 Å². The van der Waals surface area contributed by atoms with Crippen molar-refractivity contribution in [3.63, 3.8) is 0 Å². The molecule has 106 valence electrons. The van der Waals surface area contributed by atoms with Gasteiger partial charge in [-0.3, -0.25) is 0 Å². The molecule has 0 fully saturated rings. The first-order chi connectivity index (χ1) is 9.58. The SMILES string of the molecule is CSc1ccccc1Oc1nc(N)nc(OC(C)C)n1. The minimum Gasteiger partial charge on any atom is -0.461 e. The molecule has 2 aromatic rings. The third-order valence-electron chi connectivity index (χ3n) is 2.22. The van der Waals surface area contributed by atoms with E-state index in [0.717, 1.165) is 4.90 Å². The molecule has 1 aromatic heterocycles. The second-order valence-electron chi connectivity index (χ2n) is 4.18. The van der Waals surface area contributed by atoms with E-state index in [1.54, 1.807) is 11.8 Å². The Labute approximate surface area is 121 Å². The summed E-state index contributed by atoms with van der Waals surface area (Å²) in [6.45, 7) is 3.76. The van der Waals surface area contributed by atoms with Crippen molar-refractivity contribution in [2.75, 3.05) is 12.0 Å². The van der Waals surface area contributed by atoms with Gasteiger partial charge in [-0.1, -0.05) is 12.1 Å². The topological polar surface area (TPSA) is 83.2 Å². The lowest BCUT2D eigenvalue weighted by molar-refractivity contribution is 0.218. The molecule has 20 heavy (non-hydrogen) atoms. The van der Waals surface area contributed by atoms with Crippen LogP contribution in [-0.2, 0) is 0 Å². The highest BCUT2D eigenvalue weighted by Gasteiger charge is 2.11. The Balaban J connectivity index is 2.26. The second kappa shape index (κ2) is 6.42. The standard InChI is InChI=1S/C13H16N4O2S/c1-8(2)18-12-15-11(14)16-13(17-12)19-9-6-4-5-7-10(9)20-3/h4-8H,1-3H3,(H2,14,15,16,17). The van der Waals surface area contributed by atoms with Gasteiger partial charge in [-0.05, 0) is 32.2 Å². The number of rotatable bonds is 5. The fourth-order valence-corrected chi connectivity index (χ4v) is 1.99. The maximum Gasteiger partial charge on any atom is 0.330 e. The minimum atomic E-state index is -0.0527. The Hall–Kier alpha value is -2.02. The number of aromatic nitrogens is 3. The van der Waals surface area contributed by atoms with Crippen molar-refractivity contribution in [3.8, 4) is 17.8 Å². The number of hydrogen-bond acceptors (Lipinski definition) is 7. The molecule has 1 aromatic carbocycles. The van der Waals surface area contributed by atoms with Crippen molar-refractivity contribution < 1.29 is 9.47 Å². The summed E-state index contributed by atoms with van der Waals surface area (Å²) in [7, 11) is 0. The van der Waals surface area contributed by atoms with Gasteiger partial charge in [-0.15, -0.1) is 16.7 Å². The molecule has 2 rings (SSSR count). The van der Waals surface area contributed by atoms with Gasteiger partial charge in [-0.25, -0.2) is 0 Å². The number of benzene rings is 1. The maximum absolute atomic E-state index is 5.66. The van der Waals surface area contributed by atoms with Crippen LogP contribution in [0.25, 0.3) is 0 Å². The number of nitrogens with two attached hydrogens (primary N) is 1. The van der Waals surface area contributed by atoms with E-state index >= 15 is 0 Å². The highest BCUT2D eigenvalue weighted by molar-refractivity contribution is 7.98. The third kappa shape index (κ3) is 3.74. The fourth-order valence-electron chi connectivity index (χ4n) is 1.46. The van der Waals surface area contributed by atoms with Crippen LogP contribution in [0.4, 0.5) is 5.95 Å². The molecule has 0 aliphatic carbocycles. The zero-order chi connectivity index (χ0) is 14.5. The van der Waals surface area contributed by atoms with Gasteiger partial charge in [0.25, 0.3) is 0 Å². The van der Waals surface area contributed by atoms with Crippen molar-refractivity contribution in [2.45, 2.75) is 24.8 Å². The lowest BCUT2D eigenvalue weighted by Gasteiger charge is -2.10. The van der Waals surface area contributed by atoms with Gasteiger partial charge in [-0.2, -0.15) is 9.97 Å². The molecule has 0 atom stereocenters. The van der Waals surface area contributed by atoms with E-state index in [1.165, 1.54) is 0 Å². The van der Waals surface area contributed by atoms with Gasteiger partial charge in [0.2, 0.25) is 5.95 Å². The number of ether oxygens (including phenoxy) is 2. The molecule has 0 amide bonds. The summed E-state index contributed by atoms with van der Waals surface area (Å²) < 4.78 is 11.1. The first-order valence-corrected chi connectivity index (χ1v) is 7.30. The average molecular weight is 292 g/mol. The Morgan fingerprint density at radius 2 is 1.80 bits per heavy atom. The smallest absolute Gasteiger partial charge is 0.330 e. The lowest BCUT2D eigenvalue weighted by Crippen LogP contribution is -2.11. The predicted molar refractivity (Wildman–Crippen MR) is 78.3 cm³/mol. The summed E-state index contributed by atoms with van der Waals surface area (Å²) in [4.78, 5) is 12.9. The molecule has 0 unspecified atom stereocenters. The van der Waals surface area contributed by atoms with E-state index in [1.807, 2.05) is 44.4 Å². The summed E-state index contributed by atoms with van der Waals surface area (Å²) >= 11 is 1.58. The number of nitrogen functional groups attached to an aromatic ring is 1. The Morgan fingerprint density at radius 1 is 1.10 bits per heavy atom. The number of para-hydroxylation sites is 1. The molecule has 0 saturated heterocycles. The average Bonchev–Trinajstić information content (AvgIpc) is 2.37. The van der Waals surface area contributed by atoms with E-state index in [-0.39, 0.29) is 24.1 Å². The largest absolute Gasteiger partial charge is 0.461 e. The molecule has 0 radical (unpaired) electrons. The molecule has 2 N–H and O–H groups in total. The van der Waals surface area contributed by atoms with Crippen LogP contribution in [0.1, 0.15) is 13.8 Å². The fraction of sp³-hybridized carbons (Fsp3) is 0.308. The lowest BCUT2D eigenvalue weighted by atomic mass is 10.3. The van der Waals surface area contributed by atoms with Crippen LogP contribution in [0.5, 0.6) is 17.8 Å². The van der Waals surface area contributed by atoms with Crippen LogP contribution in [-0.4, -0.2) is 27.3 Å². The van der Waals surface area contributed by atoms with E-state index in [2.05, 4.69) is 15.0 Å². The van der Waals surface area contributed by atoms with Crippen molar-refractivity contribution in [1.29, 1.82) is 0 Å². The second-order valence-corrected chi connectivity index (χ2v) is 5.03. The summed E-state index contributed by atoms with van der Waals surface area (Å²) in [6, 6.07) is 7.89. The van der Waals surface area contributed by atoms with Gasteiger partial charge in [0.1, 0.15) is 5.75 Å². The van der Waals surface area contributed by atoms with Gasteiger partial charge in [0.05, 0.1) is 6.10 Å². The van der Waals surface area contributed by atoms with Crippen LogP contribution in [0.15, 0.2) is 29.2 Å². The van der Waals surface area contributed by atoms with Crippen LogP contribution >= 0.6 is 11.8 Å². The zero-order valence-corrected chi connectivity index (χ0v) is 12.3. The van der Waals surface area contributed by atoms with Gasteiger partial charge in [0, 0.05) is 4.90 Å². The normalized spacial score (nSPS) is 10.6. The van der Waals surface area contributed by atoms with E-state index < -0.39 is 0 Å².